The second kappa shape index (κ2) is 7.13. The number of benzene rings is 2. The summed E-state index contributed by atoms with van der Waals surface area (Å²) in [4.78, 5) is 12.2. The molecule has 0 atom stereocenters. The zero-order chi connectivity index (χ0) is 14.2. The van der Waals surface area contributed by atoms with E-state index in [0.29, 0.717) is 17.5 Å². The van der Waals surface area contributed by atoms with Crippen LogP contribution in [0.25, 0.3) is 0 Å². The maximum Gasteiger partial charge on any atom is 0.256 e. The number of aliphatic hydroxyl groups excluding tert-OH is 1. The summed E-state index contributed by atoms with van der Waals surface area (Å²) in [5.74, 6) is 5.55. The van der Waals surface area contributed by atoms with Crippen molar-refractivity contribution >= 4 is 11.6 Å². The van der Waals surface area contributed by atoms with E-state index in [0.717, 1.165) is 5.69 Å². The Morgan fingerprint density at radius 3 is 2.50 bits per heavy atom. The molecule has 2 rings (SSSR count). The molecule has 0 aliphatic carbocycles. The highest BCUT2D eigenvalue weighted by atomic mass is 16.2. The van der Waals surface area contributed by atoms with E-state index in [2.05, 4.69) is 17.2 Å². The van der Waals surface area contributed by atoms with Crippen molar-refractivity contribution in [3.63, 3.8) is 0 Å². The molecule has 0 aromatic heterocycles. The standard InChI is InChI=1S/C17H15NO2/c19-13-7-6-9-14-8-4-5-12-16(14)17(20)18-15-10-2-1-3-11-15/h1-5,8,10-12,19H,7,13H2,(H,18,20). The smallest absolute Gasteiger partial charge is 0.256 e. The van der Waals surface area contributed by atoms with Gasteiger partial charge in [-0.15, -0.1) is 0 Å². The average Bonchev–Trinajstić information content (AvgIpc) is 2.49. The number of anilines is 1. The molecule has 0 spiro atoms. The summed E-state index contributed by atoms with van der Waals surface area (Å²) < 4.78 is 0. The summed E-state index contributed by atoms with van der Waals surface area (Å²) in [6, 6.07) is 16.5. The molecule has 0 fully saturated rings. The molecule has 2 aromatic carbocycles. The first kappa shape index (κ1) is 13.9. The molecule has 2 N–H and O–H groups in total. The van der Waals surface area contributed by atoms with Gasteiger partial charge in [-0.2, -0.15) is 0 Å². The van der Waals surface area contributed by atoms with Crippen LogP contribution in [0.15, 0.2) is 54.6 Å². The first-order valence-electron chi connectivity index (χ1n) is 6.36. The number of aliphatic hydroxyl groups is 1. The number of hydrogen-bond acceptors (Lipinski definition) is 2. The fraction of sp³-hybridized carbons (Fsp3) is 0.118. The molecule has 20 heavy (non-hydrogen) atoms. The van der Waals surface area contributed by atoms with Crippen LogP contribution in [-0.2, 0) is 0 Å². The lowest BCUT2D eigenvalue weighted by Gasteiger charge is -2.06. The van der Waals surface area contributed by atoms with Gasteiger partial charge in [0.25, 0.3) is 5.91 Å². The molecule has 0 bridgehead atoms. The van der Waals surface area contributed by atoms with Crippen molar-refractivity contribution in [2.45, 2.75) is 6.42 Å². The largest absolute Gasteiger partial charge is 0.395 e. The van der Waals surface area contributed by atoms with Crippen molar-refractivity contribution in [1.82, 2.24) is 0 Å². The molecular formula is C17H15NO2. The molecular weight excluding hydrogens is 250 g/mol. The van der Waals surface area contributed by atoms with Crippen molar-refractivity contribution in [3.05, 3.63) is 65.7 Å². The lowest BCUT2D eigenvalue weighted by atomic mass is 10.1. The number of amides is 1. The first-order chi connectivity index (χ1) is 9.81. The predicted molar refractivity (Wildman–Crippen MR) is 79.4 cm³/mol. The quantitative estimate of drug-likeness (QED) is 0.838. The lowest BCUT2D eigenvalue weighted by Crippen LogP contribution is -2.13. The van der Waals surface area contributed by atoms with Crippen molar-refractivity contribution in [1.29, 1.82) is 0 Å². The number of hydrogen-bond donors (Lipinski definition) is 2. The lowest BCUT2D eigenvalue weighted by molar-refractivity contribution is 0.102. The monoisotopic (exact) mass is 265 g/mol. The Labute approximate surface area is 118 Å². The number of rotatable bonds is 3. The summed E-state index contributed by atoms with van der Waals surface area (Å²) >= 11 is 0. The highest BCUT2D eigenvalue weighted by Crippen LogP contribution is 2.12. The molecule has 0 aliphatic rings. The molecule has 0 saturated carbocycles. The van der Waals surface area contributed by atoms with Gasteiger partial charge in [0, 0.05) is 17.7 Å². The summed E-state index contributed by atoms with van der Waals surface area (Å²) in [6.07, 6.45) is 0.397. The topological polar surface area (TPSA) is 49.3 Å². The Hall–Kier alpha value is -2.57. The summed E-state index contributed by atoms with van der Waals surface area (Å²) in [5, 5.41) is 11.6. The van der Waals surface area contributed by atoms with E-state index in [9.17, 15) is 4.79 Å². The van der Waals surface area contributed by atoms with Gasteiger partial charge in [0.2, 0.25) is 0 Å². The Balaban J connectivity index is 2.20. The fourth-order valence-electron chi connectivity index (χ4n) is 1.72. The third-order valence-electron chi connectivity index (χ3n) is 2.66. The maximum atomic E-state index is 12.2. The Morgan fingerprint density at radius 2 is 1.75 bits per heavy atom. The number of para-hydroxylation sites is 1. The van der Waals surface area contributed by atoms with Gasteiger partial charge in [0.1, 0.15) is 0 Å². The number of nitrogens with one attached hydrogen (secondary N) is 1. The Kier molecular flexibility index (Phi) is 4.94. The van der Waals surface area contributed by atoms with Gasteiger partial charge in [0.15, 0.2) is 0 Å². The number of carbonyl (C=O) groups excluding carboxylic acids is 1. The van der Waals surface area contributed by atoms with Gasteiger partial charge in [-0.25, -0.2) is 0 Å². The molecule has 1 amide bonds. The minimum atomic E-state index is -0.190. The van der Waals surface area contributed by atoms with Crippen molar-refractivity contribution < 1.29 is 9.90 Å². The average molecular weight is 265 g/mol. The van der Waals surface area contributed by atoms with E-state index in [4.69, 9.17) is 5.11 Å². The van der Waals surface area contributed by atoms with E-state index in [-0.39, 0.29) is 12.5 Å². The Morgan fingerprint density at radius 1 is 1.05 bits per heavy atom. The first-order valence-corrected chi connectivity index (χ1v) is 6.36. The summed E-state index contributed by atoms with van der Waals surface area (Å²) in [5.41, 5.74) is 1.94. The second-order valence-electron chi connectivity index (χ2n) is 4.14. The summed E-state index contributed by atoms with van der Waals surface area (Å²) in [7, 11) is 0. The zero-order valence-corrected chi connectivity index (χ0v) is 11.0. The molecule has 100 valence electrons. The van der Waals surface area contributed by atoms with Crippen LogP contribution in [0.2, 0.25) is 0 Å². The maximum absolute atomic E-state index is 12.2. The van der Waals surface area contributed by atoms with Crippen LogP contribution in [0, 0.1) is 11.8 Å². The van der Waals surface area contributed by atoms with E-state index in [1.165, 1.54) is 0 Å². The molecule has 2 aromatic rings. The number of carbonyl (C=O) groups is 1. The van der Waals surface area contributed by atoms with Gasteiger partial charge in [-0.3, -0.25) is 4.79 Å². The van der Waals surface area contributed by atoms with Crippen LogP contribution in [0.4, 0.5) is 5.69 Å². The van der Waals surface area contributed by atoms with Crippen LogP contribution in [0.3, 0.4) is 0 Å². The molecule has 0 unspecified atom stereocenters. The normalized spacial score (nSPS) is 9.45. The van der Waals surface area contributed by atoms with Crippen LogP contribution in [0.5, 0.6) is 0 Å². The highest BCUT2D eigenvalue weighted by molar-refractivity contribution is 6.05. The third-order valence-corrected chi connectivity index (χ3v) is 2.66. The third kappa shape index (κ3) is 3.71. The van der Waals surface area contributed by atoms with Crippen LogP contribution < -0.4 is 5.32 Å². The molecule has 0 saturated heterocycles. The van der Waals surface area contributed by atoms with Gasteiger partial charge in [-0.05, 0) is 24.3 Å². The van der Waals surface area contributed by atoms with Crippen molar-refractivity contribution in [2.24, 2.45) is 0 Å². The van der Waals surface area contributed by atoms with Crippen LogP contribution in [-0.4, -0.2) is 17.6 Å². The highest BCUT2D eigenvalue weighted by Gasteiger charge is 2.09. The molecule has 3 heteroatoms. The van der Waals surface area contributed by atoms with Gasteiger partial charge in [0.05, 0.1) is 12.2 Å². The SMILES string of the molecule is O=C(Nc1ccccc1)c1ccccc1C#CCCO. The molecule has 0 heterocycles. The van der Waals surface area contributed by atoms with Gasteiger partial charge in [-0.1, -0.05) is 42.2 Å². The zero-order valence-electron chi connectivity index (χ0n) is 11.0. The van der Waals surface area contributed by atoms with E-state index < -0.39 is 0 Å². The van der Waals surface area contributed by atoms with Crippen molar-refractivity contribution in [2.75, 3.05) is 11.9 Å². The second-order valence-corrected chi connectivity index (χ2v) is 4.14. The van der Waals surface area contributed by atoms with E-state index in [1.807, 2.05) is 36.4 Å². The van der Waals surface area contributed by atoms with E-state index in [1.54, 1.807) is 18.2 Å². The Bertz CT molecular complexity index is 639. The van der Waals surface area contributed by atoms with Gasteiger partial charge >= 0.3 is 0 Å². The minimum Gasteiger partial charge on any atom is -0.395 e. The molecule has 3 nitrogen and oxygen atoms in total. The minimum absolute atomic E-state index is 0.0192. The predicted octanol–water partition coefficient (Wildman–Crippen LogP) is 2.67. The summed E-state index contributed by atoms with van der Waals surface area (Å²) in [6.45, 7) is 0.0192. The van der Waals surface area contributed by atoms with Crippen LogP contribution in [0.1, 0.15) is 22.3 Å². The fourth-order valence-corrected chi connectivity index (χ4v) is 1.72. The van der Waals surface area contributed by atoms with E-state index >= 15 is 0 Å². The van der Waals surface area contributed by atoms with Crippen molar-refractivity contribution in [3.8, 4) is 11.8 Å². The van der Waals surface area contributed by atoms with Crippen LogP contribution >= 0.6 is 0 Å². The van der Waals surface area contributed by atoms with Gasteiger partial charge < -0.3 is 10.4 Å². The molecule has 0 radical (unpaired) electrons. The molecule has 0 aliphatic heterocycles.